The molecule has 1 amide bonds. The summed E-state index contributed by atoms with van der Waals surface area (Å²) in [4.78, 5) is 12.4. The molecule has 5 nitrogen and oxygen atoms in total. The molecule has 0 aliphatic carbocycles. The van der Waals surface area contributed by atoms with Crippen molar-refractivity contribution in [1.82, 2.24) is 15.1 Å². The van der Waals surface area contributed by atoms with Crippen molar-refractivity contribution in [3.63, 3.8) is 0 Å². The summed E-state index contributed by atoms with van der Waals surface area (Å²) in [6.45, 7) is 2.72. The topological polar surface area (TPSA) is 56.1 Å². The Morgan fingerprint density at radius 3 is 2.73 bits per heavy atom. The number of carbonyl (C=O) groups excluding carboxylic acids is 1. The van der Waals surface area contributed by atoms with Crippen molar-refractivity contribution in [3.05, 3.63) is 82.1 Å². The van der Waals surface area contributed by atoms with Crippen molar-refractivity contribution < 1.29 is 9.53 Å². The largest absolute Gasteiger partial charge is 0.489 e. The van der Waals surface area contributed by atoms with Gasteiger partial charge in [0, 0.05) is 17.6 Å². The first-order valence-corrected chi connectivity index (χ1v) is 8.64. The van der Waals surface area contributed by atoms with Gasteiger partial charge in [0.15, 0.2) is 0 Å². The van der Waals surface area contributed by atoms with Crippen LogP contribution in [0.2, 0.25) is 5.02 Å². The zero-order valence-corrected chi connectivity index (χ0v) is 15.5. The summed E-state index contributed by atoms with van der Waals surface area (Å²) in [5.74, 6) is 0.562. The first-order chi connectivity index (χ1) is 12.5. The number of hydrogen-bond acceptors (Lipinski definition) is 3. The van der Waals surface area contributed by atoms with E-state index >= 15 is 0 Å². The van der Waals surface area contributed by atoms with E-state index in [1.807, 2.05) is 50.4 Å². The van der Waals surface area contributed by atoms with Crippen LogP contribution in [0.4, 0.5) is 0 Å². The van der Waals surface area contributed by atoms with Gasteiger partial charge in [-0.25, -0.2) is 0 Å². The maximum absolute atomic E-state index is 12.4. The summed E-state index contributed by atoms with van der Waals surface area (Å²) in [6.07, 6.45) is 0. The normalized spacial score (nSPS) is 10.6. The summed E-state index contributed by atoms with van der Waals surface area (Å²) >= 11 is 5.95. The van der Waals surface area contributed by atoms with Crippen molar-refractivity contribution in [1.29, 1.82) is 0 Å². The zero-order valence-electron chi connectivity index (χ0n) is 14.7. The molecule has 3 aromatic rings. The highest BCUT2D eigenvalue weighted by molar-refractivity contribution is 6.30. The highest BCUT2D eigenvalue weighted by Gasteiger charge is 2.09. The van der Waals surface area contributed by atoms with Gasteiger partial charge >= 0.3 is 0 Å². The summed E-state index contributed by atoms with van der Waals surface area (Å²) in [5, 5.41) is 7.82. The Kier molecular flexibility index (Phi) is 5.58. The van der Waals surface area contributed by atoms with Crippen LogP contribution in [0.5, 0.6) is 5.75 Å². The average Bonchev–Trinajstić information content (AvgIpc) is 2.95. The molecule has 1 aromatic heterocycles. The molecule has 0 aliphatic heterocycles. The third-order valence-electron chi connectivity index (χ3n) is 3.92. The molecule has 0 aliphatic rings. The van der Waals surface area contributed by atoms with E-state index in [1.54, 1.807) is 22.9 Å². The number of aromatic nitrogens is 2. The number of carbonyl (C=O) groups is 1. The number of rotatable bonds is 6. The Bertz CT molecular complexity index is 921. The molecule has 0 atom stereocenters. The summed E-state index contributed by atoms with van der Waals surface area (Å²) in [6, 6.07) is 16.6. The van der Waals surface area contributed by atoms with E-state index in [2.05, 4.69) is 10.4 Å². The lowest BCUT2D eigenvalue weighted by molar-refractivity contribution is 0.0950. The third kappa shape index (κ3) is 4.64. The lowest BCUT2D eigenvalue weighted by Crippen LogP contribution is -2.24. The molecule has 134 valence electrons. The van der Waals surface area contributed by atoms with Crippen LogP contribution in [0.15, 0.2) is 54.6 Å². The molecule has 0 saturated carbocycles. The molecule has 1 heterocycles. The minimum absolute atomic E-state index is 0.131. The summed E-state index contributed by atoms with van der Waals surface area (Å²) in [7, 11) is 1.86. The molecule has 0 fully saturated rings. The van der Waals surface area contributed by atoms with E-state index in [0.29, 0.717) is 29.5 Å². The third-order valence-corrected chi connectivity index (χ3v) is 4.15. The highest BCUT2D eigenvalue weighted by Crippen LogP contribution is 2.18. The molecule has 0 unspecified atom stereocenters. The van der Waals surface area contributed by atoms with Gasteiger partial charge in [-0.2, -0.15) is 5.10 Å². The molecule has 0 spiro atoms. The SMILES string of the molecule is Cc1cc(CNC(=O)c2cccc(COc3cccc(Cl)c3)c2)n(C)n1. The second-order valence-corrected chi connectivity index (χ2v) is 6.47. The van der Waals surface area contributed by atoms with E-state index in [9.17, 15) is 4.79 Å². The van der Waals surface area contributed by atoms with Crippen molar-refractivity contribution in [2.24, 2.45) is 7.05 Å². The fraction of sp³-hybridized carbons (Fsp3) is 0.200. The van der Waals surface area contributed by atoms with Crippen molar-refractivity contribution in [2.45, 2.75) is 20.1 Å². The van der Waals surface area contributed by atoms with Gasteiger partial charge in [-0.1, -0.05) is 29.8 Å². The van der Waals surface area contributed by atoms with Gasteiger partial charge in [-0.3, -0.25) is 9.48 Å². The van der Waals surface area contributed by atoms with E-state index in [1.165, 1.54) is 0 Å². The summed E-state index contributed by atoms with van der Waals surface area (Å²) < 4.78 is 7.50. The lowest BCUT2D eigenvalue weighted by Gasteiger charge is -2.09. The monoisotopic (exact) mass is 369 g/mol. The predicted octanol–water partition coefficient (Wildman–Crippen LogP) is 3.89. The van der Waals surface area contributed by atoms with Crippen LogP contribution in [0.25, 0.3) is 0 Å². The second-order valence-electron chi connectivity index (χ2n) is 6.03. The van der Waals surface area contributed by atoms with Crippen LogP contribution in [0.3, 0.4) is 0 Å². The first-order valence-electron chi connectivity index (χ1n) is 8.26. The van der Waals surface area contributed by atoms with Crippen molar-refractivity contribution in [2.75, 3.05) is 0 Å². The molecule has 6 heteroatoms. The van der Waals surface area contributed by atoms with Gasteiger partial charge in [-0.15, -0.1) is 0 Å². The minimum Gasteiger partial charge on any atom is -0.489 e. The standard InChI is InChI=1S/C20H20ClN3O2/c1-14-9-18(24(2)23-14)12-22-20(25)16-6-3-5-15(10-16)13-26-19-8-4-7-17(21)11-19/h3-11H,12-13H2,1-2H3,(H,22,25). The van der Waals surface area contributed by atoms with Gasteiger partial charge in [0.05, 0.1) is 17.9 Å². The Morgan fingerprint density at radius 2 is 2.00 bits per heavy atom. The van der Waals surface area contributed by atoms with Crippen LogP contribution in [-0.2, 0) is 20.2 Å². The van der Waals surface area contributed by atoms with Crippen LogP contribution >= 0.6 is 11.6 Å². The molecular weight excluding hydrogens is 350 g/mol. The number of nitrogens with zero attached hydrogens (tertiary/aromatic N) is 2. The Balaban J connectivity index is 1.61. The van der Waals surface area contributed by atoms with Crippen LogP contribution in [0, 0.1) is 6.92 Å². The van der Waals surface area contributed by atoms with Gasteiger partial charge in [0.2, 0.25) is 0 Å². The van der Waals surface area contributed by atoms with Gasteiger partial charge < -0.3 is 10.1 Å². The van der Waals surface area contributed by atoms with Crippen LogP contribution < -0.4 is 10.1 Å². The van der Waals surface area contributed by atoms with Gasteiger partial charge in [0.1, 0.15) is 12.4 Å². The predicted molar refractivity (Wildman–Crippen MR) is 101 cm³/mol. The molecule has 2 aromatic carbocycles. The van der Waals surface area contributed by atoms with E-state index in [4.69, 9.17) is 16.3 Å². The maximum atomic E-state index is 12.4. The quantitative estimate of drug-likeness (QED) is 0.717. The van der Waals surface area contributed by atoms with Crippen molar-refractivity contribution in [3.8, 4) is 5.75 Å². The molecule has 0 radical (unpaired) electrons. The van der Waals surface area contributed by atoms with Crippen molar-refractivity contribution >= 4 is 17.5 Å². The second kappa shape index (κ2) is 8.06. The van der Waals surface area contributed by atoms with E-state index in [-0.39, 0.29) is 5.91 Å². The minimum atomic E-state index is -0.131. The Labute approximate surface area is 157 Å². The first kappa shape index (κ1) is 18.0. The number of hydrogen-bond donors (Lipinski definition) is 1. The smallest absolute Gasteiger partial charge is 0.251 e. The van der Waals surface area contributed by atoms with Crippen LogP contribution in [-0.4, -0.2) is 15.7 Å². The molecule has 1 N–H and O–H groups in total. The number of benzene rings is 2. The van der Waals surface area contributed by atoms with Crippen LogP contribution in [0.1, 0.15) is 27.3 Å². The zero-order chi connectivity index (χ0) is 18.5. The molecule has 26 heavy (non-hydrogen) atoms. The molecule has 0 bridgehead atoms. The molecular formula is C20H20ClN3O2. The Hall–Kier alpha value is -2.79. The number of amides is 1. The number of aryl methyl sites for hydroxylation is 2. The summed E-state index contributed by atoms with van der Waals surface area (Å²) in [5.41, 5.74) is 3.39. The maximum Gasteiger partial charge on any atom is 0.251 e. The number of nitrogens with one attached hydrogen (secondary N) is 1. The van der Waals surface area contributed by atoms with Gasteiger partial charge in [-0.05, 0) is 48.9 Å². The average molecular weight is 370 g/mol. The number of halogens is 1. The fourth-order valence-electron chi connectivity index (χ4n) is 2.63. The van der Waals surface area contributed by atoms with E-state index in [0.717, 1.165) is 17.0 Å². The van der Waals surface area contributed by atoms with Gasteiger partial charge in [0.25, 0.3) is 5.91 Å². The highest BCUT2D eigenvalue weighted by atomic mass is 35.5. The Morgan fingerprint density at radius 1 is 1.19 bits per heavy atom. The molecule has 0 saturated heterocycles. The molecule has 3 rings (SSSR count). The van der Waals surface area contributed by atoms with E-state index < -0.39 is 0 Å². The fourth-order valence-corrected chi connectivity index (χ4v) is 2.81. The lowest BCUT2D eigenvalue weighted by atomic mass is 10.1. The number of ether oxygens (including phenoxy) is 1.